The lowest BCUT2D eigenvalue weighted by Crippen LogP contribution is -2.40. The molecule has 1 saturated heterocycles. The topological polar surface area (TPSA) is 70.1 Å². The van der Waals surface area contributed by atoms with Crippen LogP contribution in [0.2, 0.25) is 0 Å². The van der Waals surface area contributed by atoms with Gasteiger partial charge < -0.3 is 9.84 Å². The third kappa shape index (κ3) is 3.09. The lowest BCUT2D eigenvalue weighted by molar-refractivity contribution is 0.0537. The number of rotatable bonds is 6. The van der Waals surface area contributed by atoms with Crippen LogP contribution >= 0.6 is 0 Å². The van der Waals surface area contributed by atoms with Crippen LogP contribution in [0.4, 0.5) is 0 Å². The lowest BCUT2D eigenvalue weighted by atomic mass is 10.1. The van der Waals surface area contributed by atoms with Crippen LogP contribution in [0.5, 0.6) is 5.75 Å². The largest absolute Gasteiger partial charge is 0.492 e. The van der Waals surface area contributed by atoms with Crippen molar-refractivity contribution >= 4 is 11.8 Å². The Morgan fingerprint density at radius 2 is 1.87 bits per heavy atom. The summed E-state index contributed by atoms with van der Waals surface area (Å²) < 4.78 is 5.73. The highest BCUT2D eigenvalue weighted by Crippen LogP contribution is 2.28. The fourth-order valence-corrected chi connectivity index (χ4v) is 3.11. The first-order chi connectivity index (χ1) is 11.1. The molecule has 6 nitrogen and oxygen atoms in total. The molecule has 3 rings (SSSR count). The van der Waals surface area contributed by atoms with E-state index in [1.807, 2.05) is 0 Å². The maximum Gasteiger partial charge on any atom is 0.262 e. The summed E-state index contributed by atoms with van der Waals surface area (Å²) >= 11 is 0. The number of hydrogen-bond donors (Lipinski definition) is 1. The van der Waals surface area contributed by atoms with Gasteiger partial charge in [0.25, 0.3) is 11.8 Å². The van der Waals surface area contributed by atoms with Crippen molar-refractivity contribution in [3.63, 3.8) is 0 Å². The molecule has 6 heteroatoms. The molecule has 2 amide bonds. The summed E-state index contributed by atoms with van der Waals surface area (Å²) in [6, 6.07) is 4.46. The first kappa shape index (κ1) is 16.0. The zero-order chi connectivity index (χ0) is 16.4. The van der Waals surface area contributed by atoms with Gasteiger partial charge in [-0.2, -0.15) is 0 Å². The molecular weight excluding hydrogens is 296 g/mol. The number of likely N-dealkylation sites (tertiary alicyclic amines) is 1. The Morgan fingerprint density at radius 1 is 1.17 bits per heavy atom. The molecule has 1 aromatic rings. The number of fused-ring (bicyclic) bond motifs is 1. The molecule has 23 heavy (non-hydrogen) atoms. The van der Waals surface area contributed by atoms with Crippen LogP contribution in [0, 0.1) is 0 Å². The second-order valence-corrected chi connectivity index (χ2v) is 6.12. The summed E-state index contributed by atoms with van der Waals surface area (Å²) in [6.45, 7) is 5.08. The minimum Gasteiger partial charge on any atom is -0.492 e. The van der Waals surface area contributed by atoms with Gasteiger partial charge in [0.05, 0.1) is 23.8 Å². The second kappa shape index (κ2) is 6.68. The van der Waals surface area contributed by atoms with Crippen LogP contribution in [-0.2, 0) is 0 Å². The first-order valence-corrected chi connectivity index (χ1v) is 8.10. The Kier molecular flexibility index (Phi) is 4.63. The summed E-state index contributed by atoms with van der Waals surface area (Å²) in [7, 11) is 0. The van der Waals surface area contributed by atoms with Gasteiger partial charge in [0.2, 0.25) is 0 Å². The van der Waals surface area contributed by atoms with Gasteiger partial charge in [-0.3, -0.25) is 19.4 Å². The summed E-state index contributed by atoms with van der Waals surface area (Å²) in [5, 5.41) is 9.21. The number of amides is 2. The van der Waals surface area contributed by atoms with E-state index < -0.39 is 6.04 Å². The fourth-order valence-electron chi connectivity index (χ4n) is 3.11. The van der Waals surface area contributed by atoms with Crippen molar-refractivity contribution in [2.75, 3.05) is 32.8 Å². The molecule has 2 aliphatic rings. The highest BCUT2D eigenvalue weighted by molar-refractivity contribution is 6.21. The highest BCUT2D eigenvalue weighted by atomic mass is 16.5. The van der Waals surface area contributed by atoms with E-state index in [2.05, 4.69) is 4.90 Å². The zero-order valence-electron chi connectivity index (χ0n) is 13.3. The third-order valence-electron chi connectivity index (χ3n) is 4.47. The lowest BCUT2D eigenvalue weighted by Gasteiger charge is -2.19. The number of ether oxygens (including phenoxy) is 1. The van der Waals surface area contributed by atoms with Crippen molar-refractivity contribution in [3.8, 4) is 5.75 Å². The van der Waals surface area contributed by atoms with E-state index in [4.69, 9.17) is 4.74 Å². The monoisotopic (exact) mass is 318 g/mol. The maximum atomic E-state index is 12.4. The van der Waals surface area contributed by atoms with E-state index in [9.17, 15) is 14.7 Å². The molecule has 1 N–H and O–H groups in total. The number of hydrogen-bond acceptors (Lipinski definition) is 5. The van der Waals surface area contributed by atoms with E-state index in [1.165, 1.54) is 12.8 Å². The third-order valence-corrected chi connectivity index (χ3v) is 4.47. The minimum atomic E-state index is -0.526. The van der Waals surface area contributed by atoms with Crippen LogP contribution < -0.4 is 4.74 Å². The maximum absolute atomic E-state index is 12.4. The molecule has 1 unspecified atom stereocenters. The molecule has 0 aromatic heterocycles. The van der Waals surface area contributed by atoms with Crippen molar-refractivity contribution < 1.29 is 19.4 Å². The van der Waals surface area contributed by atoms with E-state index in [1.54, 1.807) is 25.1 Å². The number of aliphatic hydroxyl groups excluding tert-OH is 1. The summed E-state index contributed by atoms with van der Waals surface area (Å²) in [4.78, 5) is 28.1. The van der Waals surface area contributed by atoms with Gasteiger partial charge in [-0.15, -0.1) is 0 Å². The number of aliphatic hydroxyl groups is 1. The number of benzene rings is 1. The Balaban J connectivity index is 1.67. The molecule has 0 aliphatic carbocycles. The molecule has 2 aliphatic heterocycles. The van der Waals surface area contributed by atoms with Gasteiger partial charge in [-0.05, 0) is 51.1 Å². The van der Waals surface area contributed by atoms with Crippen LogP contribution in [-0.4, -0.2) is 65.6 Å². The molecule has 2 heterocycles. The second-order valence-electron chi connectivity index (χ2n) is 6.12. The van der Waals surface area contributed by atoms with E-state index >= 15 is 0 Å². The quantitative estimate of drug-likeness (QED) is 0.797. The van der Waals surface area contributed by atoms with Crippen molar-refractivity contribution in [2.45, 2.75) is 25.8 Å². The average molecular weight is 318 g/mol. The standard InChI is InChI=1S/C17H22N2O4/c1-12(11-20)19-16(21)14-5-4-13(10-15(14)17(19)22)23-9-8-18-6-2-3-7-18/h4-5,10,12,20H,2-3,6-9,11H2,1H3. The van der Waals surface area contributed by atoms with Gasteiger partial charge in [0, 0.05) is 6.54 Å². The van der Waals surface area contributed by atoms with Crippen molar-refractivity contribution in [1.29, 1.82) is 0 Å². The predicted molar refractivity (Wildman–Crippen MR) is 84.7 cm³/mol. The van der Waals surface area contributed by atoms with Gasteiger partial charge in [-0.1, -0.05) is 0 Å². The van der Waals surface area contributed by atoms with Crippen LogP contribution in [0.3, 0.4) is 0 Å². The molecule has 1 fully saturated rings. The number of imide groups is 1. The molecule has 0 saturated carbocycles. The highest BCUT2D eigenvalue weighted by Gasteiger charge is 2.38. The van der Waals surface area contributed by atoms with E-state index in [-0.39, 0.29) is 18.4 Å². The minimum absolute atomic E-state index is 0.245. The molecule has 1 atom stereocenters. The SMILES string of the molecule is CC(CO)N1C(=O)c2ccc(OCCN3CCCC3)cc2C1=O. The molecule has 0 spiro atoms. The molecule has 1 aromatic carbocycles. The summed E-state index contributed by atoms with van der Waals surface area (Å²) in [6.07, 6.45) is 2.49. The Hall–Kier alpha value is -1.92. The molecule has 0 radical (unpaired) electrons. The van der Waals surface area contributed by atoms with E-state index in [0.717, 1.165) is 24.5 Å². The van der Waals surface area contributed by atoms with E-state index in [0.29, 0.717) is 23.5 Å². The first-order valence-electron chi connectivity index (χ1n) is 8.10. The van der Waals surface area contributed by atoms with Crippen LogP contribution in [0.15, 0.2) is 18.2 Å². The van der Waals surface area contributed by atoms with Gasteiger partial charge >= 0.3 is 0 Å². The molecular formula is C17H22N2O4. The number of nitrogens with zero attached hydrogens (tertiary/aromatic N) is 2. The Labute approximate surface area is 135 Å². The fraction of sp³-hybridized carbons (Fsp3) is 0.529. The number of carbonyl (C=O) groups excluding carboxylic acids is 2. The zero-order valence-corrected chi connectivity index (χ0v) is 13.3. The number of carbonyl (C=O) groups is 2. The predicted octanol–water partition coefficient (Wildman–Crippen LogP) is 1.14. The van der Waals surface area contributed by atoms with Gasteiger partial charge in [0.1, 0.15) is 12.4 Å². The van der Waals surface area contributed by atoms with Crippen molar-refractivity contribution in [2.24, 2.45) is 0 Å². The summed E-state index contributed by atoms with van der Waals surface area (Å²) in [5.41, 5.74) is 0.733. The normalized spacial score (nSPS) is 19.3. The summed E-state index contributed by atoms with van der Waals surface area (Å²) in [5.74, 6) is -0.116. The van der Waals surface area contributed by atoms with Gasteiger partial charge in [-0.25, -0.2) is 0 Å². The van der Waals surface area contributed by atoms with Crippen molar-refractivity contribution in [3.05, 3.63) is 29.3 Å². The molecule has 124 valence electrons. The average Bonchev–Trinajstić information content (AvgIpc) is 3.15. The van der Waals surface area contributed by atoms with Gasteiger partial charge in [0.15, 0.2) is 0 Å². The Bertz CT molecular complexity index is 611. The molecule has 0 bridgehead atoms. The van der Waals surface area contributed by atoms with Crippen LogP contribution in [0.25, 0.3) is 0 Å². The van der Waals surface area contributed by atoms with Crippen LogP contribution in [0.1, 0.15) is 40.5 Å². The van der Waals surface area contributed by atoms with Crippen molar-refractivity contribution in [1.82, 2.24) is 9.80 Å². The Morgan fingerprint density at radius 3 is 2.57 bits per heavy atom. The smallest absolute Gasteiger partial charge is 0.262 e.